The average Bonchev–Trinajstić information content (AvgIpc) is 2.05. The quantitative estimate of drug-likeness (QED) is 0.596. The van der Waals surface area contributed by atoms with Crippen molar-refractivity contribution in [2.45, 2.75) is 11.3 Å². The summed E-state index contributed by atoms with van der Waals surface area (Å²) in [5.41, 5.74) is -0.674. The largest absolute Gasteiger partial charge is 0.267 e. The lowest BCUT2D eigenvalue weighted by Crippen LogP contribution is -2.17. The van der Waals surface area contributed by atoms with Crippen LogP contribution in [0.5, 0.6) is 0 Å². The number of pyridine rings is 1. The van der Waals surface area contributed by atoms with E-state index in [4.69, 9.17) is 5.14 Å². The fourth-order valence-corrected chi connectivity index (χ4v) is 3.58. The van der Waals surface area contributed by atoms with Crippen LogP contribution in [0.3, 0.4) is 0 Å². The molecule has 84 valence electrons. The normalized spacial score (nSPS) is 12.1. The standard InChI is InChI=1S/C6H4BrF2IN2O2S/c7-2-1-12-6(10)3(5(8)9)4(2)15(11,13)14/h1,5H,(H2,11,13,14). The molecule has 0 saturated carbocycles. The Morgan fingerprint density at radius 2 is 2.07 bits per heavy atom. The topological polar surface area (TPSA) is 73.1 Å². The molecule has 9 heteroatoms. The molecule has 0 unspecified atom stereocenters. The van der Waals surface area contributed by atoms with E-state index in [1.54, 1.807) is 0 Å². The van der Waals surface area contributed by atoms with E-state index in [9.17, 15) is 17.2 Å². The minimum atomic E-state index is -4.20. The molecular weight excluding hydrogens is 409 g/mol. The van der Waals surface area contributed by atoms with Crippen molar-refractivity contribution < 1.29 is 17.2 Å². The van der Waals surface area contributed by atoms with Gasteiger partial charge in [-0.1, -0.05) is 0 Å². The van der Waals surface area contributed by atoms with Gasteiger partial charge in [-0.15, -0.1) is 0 Å². The van der Waals surface area contributed by atoms with Crippen molar-refractivity contribution >= 4 is 48.5 Å². The van der Waals surface area contributed by atoms with Gasteiger partial charge in [0.15, 0.2) is 0 Å². The minimum Gasteiger partial charge on any atom is -0.249 e. The molecule has 0 amide bonds. The number of primary sulfonamides is 1. The summed E-state index contributed by atoms with van der Waals surface area (Å²) in [4.78, 5) is 3.00. The predicted molar refractivity (Wildman–Crippen MR) is 61.0 cm³/mol. The van der Waals surface area contributed by atoms with Crippen molar-refractivity contribution in [3.63, 3.8) is 0 Å². The molecule has 1 aromatic rings. The monoisotopic (exact) mass is 412 g/mol. The van der Waals surface area contributed by atoms with Crippen LogP contribution in [0, 0.1) is 3.70 Å². The van der Waals surface area contributed by atoms with Crippen LogP contribution in [0.2, 0.25) is 0 Å². The van der Waals surface area contributed by atoms with E-state index < -0.39 is 26.9 Å². The first-order valence-electron chi connectivity index (χ1n) is 3.40. The van der Waals surface area contributed by atoms with Crippen LogP contribution in [0.1, 0.15) is 12.0 Å². The second kappa shape index (κ2) is 4.55. The highest BCUT2D eigenvalue weighted by Gasteiger charge is 2.27. The van der Waals surface area contributed by atoms with Crippen LogP contribution in [-0.2, 0) is 10.0 Å². The van der Waals surface area contributed by atoms with Crippen molar-refractivity contribution in [2.24, 2.45) is 5.14 Å². The van der Waals surface area contributed by atoms with Crippen molar-refractivity contribution in [1.29, 1.82) is 0 Å². The lowest BCUT2D eigenvalue weighted by molar-refractivity contribution is 0.146. The molecular formula is C6H4BrF2IN2O2S. The molecule has 2 N–H and O–H groups in total. The summed E-state index contributed by atoms with van der Waals surface area (Å²) in [6.45, 7) is 0. The third-order valence-electron chi connectivity index (χ3n) is 1.48. The van der Waals surface area contributed by atoms with E-state index in [1.165, 1.54) is 22.6 Å². The van der Waals surface area contributed by atoms with Crippen LogP contribution in [-0.4, -0.2) is 13.4 Å². The zero-order valence-electron chi connectivity index (χ0n) is 6.92. The van der Waals surface area contributed by atoms with E-state index >= 15 is 0 Å². The van der Waals surface area contributed by atoms with Gasteiger partial charge in [-0.05, 0) is 38.5 Å². The Morgan fingerprint density at radius 1 is 1.53 bits per heavy atom. The van der Waals surface area contributed by atoms with Gasteiger partial charge in [0.25, 0.3) is 6.43 Å². The second-order valence-electron chi connectivity index (χ2n) is 2.49. The maximum Gasteiger partial charge on any atom is 0.267 e. The molecule has 15 heavy (non-hydrogen) atoms. The molecule has 1 rings (SSSR count). The Labute approximate surface area is 107 Å². The first-order valence-corrected chi connectivity index (χ1v) is 6.81. The second-order valence-corrected chi connectivity index (χ2v) is 5.86. The van der Waals surface area contributed by atoms with Gasteiger partial charge in [0, 0.05) is 6.20 Å². The summed E-state index contributed by atoms with van der Waals surface area (Å²) >= 11 is 4.35. The van der Waals surface area contributed by atoms with Crippen LogP contribution >= 0.6 is 38.5 Å². The molecule has 0 saturated heterocycles. The Morgan fingerprint density at radius 3 is 2.40 bits per heavy atom. The fourth-order valence-electron chi connectivity index (χ4n) is 0.942. The summed E-state index contributed by atoms with van der Waals surface area (Å²) in [5.74, 6) is 0. The van der Waals surface area contributed by atoms with Gasteiger partial charge < -0.3 is 0 Å². The van der Waals surface area contributed by atoms with Crippen molar-refractivity contribution in [1.82, 2.24) is 4.98 Å². The number of rotatable bonds is 2. The number of nitrogens with zero attached hydrogens (tertiary/aromatic N) is 1. The van der Waals surface area contributed by atoms with Gasteiger partial charge in [0.2, 0.25) is 10.0 Å². The van der Waals surface area contributed by atoms with E-state index in [0.29, 0.717) is 0 Å². The van der Waals surface area contributed by atoms with Gasteiger partial charge in [0.05, 0.1) is 10.0 Å². The molecule has 0 spiro atoms. The van der Waals surface area contributed by atoms with Crippen LogP contribution in [0.25, 0.3) is 0 Å². The van der Waals surface area contributed by atoms with Crippen LogP contribution in [0.15, 0.2) is 15.6 Å². The highest BCUT2D eigenvalue weighted by atomic mass is 127. The van der Waals surface area contributed by atoms with Crippen LogP contribution < -0.4 is 5.14 Å². The number of nitrogens with two attached hydrogens (primary N) is 1. The fraction of sp³-hybridized carbons (Fsp3) is 0.167. The molecule has 4 nitrogen and oxygen atoms in total. The van der Waals surface area contributed by atoms with Gasteiger partial charge in [0.1, 0.15) is 8.60 Å². The smallest absolute Gasteiger partial charge is 0.249 e. The Bertz CT molecular complexity index is 494. The van der Waals surface area contributed by atoms with Gasteiger partial charge in [-0.25, -0.2) is 27.3 Å². The highest BCUT2D eigenvalue weighted by Crippen LogP contribution is 2.33. The summed E-state index contributed by atoms with van der Waals surface area (Å²) in [6.07, 6.45) is -1.83. The zero-order chi connectivity index (χ0) is 11.8. The lowest BCUT2D eigenvalue weighted by Gasteiger charge is -2.09. The average molecular weight is 413 g/mol. The zero-order valence-corrected chi connectivity index (χ0v) is 11.5. The molecule has 1 heterocycles. The van der Waals surface area contributed by atoms with Gasteiger partial charge in [-0.2, -0.15) is 0 Å². The van der Waals surface area contributed by atoms with Crippen LogP contribution in [0.4, 0.5) is 8.78 Å². The van der Waals surface area contributed by atoms with E-state index in [-0.39, 0.29) is 8.17 Å². The number of halogens is 4. The predicted octanol–water partition coefficient (Wildman–Crippen LogP) is 2.03. The number of hydrogen-bond acceptors (Lipinski definition) is 3. The Balaban J connectivity index is 3.68. The molecule has 0 radical (unpaired) electrons. The lowest BCUT2D eigenvalue weighted by atomic mass is 10.3. The molecule has 0 aliphatic rings. The molecule has 0 bridgehead atoms. The van der Waals surface area contributed by atoms with Crippen molar-refractivity contribution in [3.05, 3.63) is 19.9 Å². The molecule has 0 aromatic carbocycles. The number of alkyl halides is 2. The maximum absolute atomic E-state index is 12.6. The summed E-state index contributed by atoms with van der Waals surface area (Å²) in [6, 6.07) is 0. The molecule has 0 atom stereocenters. The van der Waals surface area contributed by atoms with Gasteiger partial charge in [-0.3, -0.25) is 0 Å². The Hall–Kier alpha value is 0.130. The summed E-state index contributed by atoms with van der Waals surface area (Å²) in [5, 5.41) is 4.84. The minimum absolute atomic E-state index is 0.0688. The highest BCUT2D eigenvalue weighted by molar-refractivity contribution is 14.1. The number of hydrogen-bond donors (Lipinski definition) is 1. The SMILES string of the molecule is NS(=O)(=O)c1c(Br)cnc(I)c1C(F)F. The number of sulfonamides is 1. The van der Waals surface area contributed by atoms with Crippen molar-refractivity contribution in [2.75, 3.05) is 0 Å². The summed E-state index contributed by atoms with van der Waals surface area (Å²) < 4.78 is 47.3. The first-order chi connectivity index (χ1) is 6.75. The third kappa shape index (κ3) is 2.82. The van der Waals surface area contributed by atoms with Crippen molar-refractivity contribution in [3.8, 4) is 0 Å². The number of aromatic nitrogens is 1. The van der Waals surface area contributed by atoms with E-state index in [0.717, 1.165) is 6.20 Å². The first kappa shape index (κ1) is 13.2. The molecule has 0 aliphatic carbocycles. The molecule has 1 aromatic heterocycles. The molecule has 0 aliphatic heterocycles. The third-order valence-corrected chi connectivity index (χ3v) is 4.21. The molecule has 0 fully saturated rings. The van der Waals surface area contributed by atoms with E-state index in [2.05, 4.69) is 20.9 Å². The van der Waals surface area contributed by atoms with E-state index in [1.807, 2.05) is 0 Å². The Kier molecular flexibility index (Phi) is 4.01. The maximum atomic E-state index is 12.6. The van der Waals surface area contributed by atoms with Gasteiger partial charge >= 0.3 is 0 Å². The summed E-state index contributed by atoms with van der Waals surface area (Å²) in [7, 11) is -4.20.